The summed E-state index contributed by atoms with van der Waals surface area (Å²) < 4.78 is 60.2. The lowest BCUT2D eigenvalue weighted by atomic mass is 10.1. The Balaban J connectivity index is 2.88. The fourth-order valence-electron chi connectivity index (χ4n) is 2.04. The van der Waals surface area contributed by atoms with Crippen molar-refractivity contribution >= 4 is 26.3 Å². The Hall–Kier alpha value is -0.910. The fraction of sp³-hybridized carbons (Fsp3) is 0.917. The largest absolute Gasteiger partial charge is 0.444 e. The molecule has 1 aliphatic rings. The highest BCUT2D eigenvalue weighted by Crippen LogP contribution is 2.22. The molecule has 0 saturated carbocycles. The third kappa shape index (κ3) is 7.95. The van der Waals surface area contributed by atoms with E-state index in [1.165, 1.54) is 4.90 Å². The van der Waals surface area contributed by atoms with Crippen LogP contribution in [0.4, 0.5) is 4.79 Å². The number of likely N-dealkylation sites (tertiary alicyclic amines) is 1. The highest BCUT2D eigenvalue weighted by molar-refractivity contribution is 7.86. The maximum atomic E-state index is 12.1. The number of hydrogen-bond acceptors (Lipinski definition) is 8. The molecule has 0 aromatic carbocycles. The van der Waals surface area contributed by atoms with E-state index in [4.69, 9.17) is 13.1 Å². The Kier molecular flexibility index (Phi) is 6.05. The van der Waals surface area contributed by atoms with Gasteiger partial charge in [0.05, 0.1) is 19.1 Å². The maximum Gasteiger partial charge on any atom is 0.410 e. The van der Waals surface area contributed by atoms with E-state index < -0.39 is 44.1 Å². The molecule has 1 amide bonds. The van der Waals surface area contributed by atoms with Gasteiger partial charge in [-0.1, -0.05) is 0 Å². The van der Waals surface area contributed by atoms with Gasteiger partial charge in [-0.25, -0.2) is 4.79 Å². The predicted octanol–water partition coefficient (Wildman–Crippen LogP) is 0.317. The molecule has 0 spiro atoms. The summed E-state index contributed by atoms with van der Waals surface area (Å²) in [6.07, 6.45) is -0.925. The second kappa shape index (κ2) is 6.91. The number of piperidine rings is 1. The Morgan fingerprint density at radius 3 is 1.91 bits per heavy atom. The summed E-state index contributed by atoms with van der Waals surface area (Å²) in [6.45, 7) is 5.12. The van der Waals surface area contributed by atoms with Crippen LogP contribution in [0.2, 0.25) is 0 Å². The molecule has 0 aromatic heterocycles. The molecule has 136 valence electrons. The van der Waals surface area contributed by atoms with Crippen LogP contribution in [0.1, 0.15) is 27.2 Å². The molecule has 0 bridgehead atoms. The smallest absolute Gasteiger partial charge is 0.410 e. The number of rotatable bonds is 4. The molecular weight excluding hydrogens is 350 g/mol. The van der Waals surface area contributed by atoms with E-state index in [9.17, 15) is 21.6 Å². The van der Waals surface area contributed by atoms with E-state index in [0.717, 1.165) is 12.5 Å². The van der Waals surface area contributed by atoms with Gasteiger partial charge in [0, 0.05) is 6.54 Å². The van der Waals surface area contributed by atoms with Gasteiger partial charge >= 0.3 is 6.09 Å². The van der Waals surface area contributed by atoms with Crippen molar-refractivity contribution in [3.63, 3.8) is 0 Å². The van der Waals surface area contributed by atoms with Gasteiger partial charge in [0.1, 0.15) is 17.8 Å². The van der Waals surface area contributed by atoms with Gasteiger partial charge in [-0.3, -0.25) is 8.37 Å². The zero-order valence-electron chi connectivity index (χ0n) is 13.8. The Bertz CT molecular complexity index is 634. The average Bonchev–Trinajstić information content (AvgIpc) is 2.25. The van der Waals surface area contributed by atoms with Crippen molar-refractivity contribution in [1.29, 1.82) is 0 Å². The summed E-state index contributed by atoms with van der Waals surface area (Å²) in [4.78, 5) is 13.3. The zero-order valence-corrected chi connectivity index (χ0v) is 15.4. The van der Waals surface area contributed by atoms with Crippen LogP contribution in [0.15, 0.2) is 0 Å². The summed E-state index contributed by atoms with van der Waals surface area (Å²) in [7, 11) is -7.64. The van der Waals surface area contributed by atoms with Gasteiger partial charge in [-0.2, -0.15) is 16.8 Å². The first kappa shape index (κ1) is 20.1. The SMILES string of the molecule is CC(C)(C)OC(=O)N1CC[C@H](OS(C)(=O)=O)[C@H](OS(C)(=O)=O)C1. The van der Waals surface area contributed by atoms with E-state index in [1.54, 1.807) is 20.8 Å². The van der Waals surface area contributed by atoms with E-state index in [2.05, 4.69) is 0 Å². The highest BCUT2D eigenvalue weighted by Gasteiger charge is 2.38. The van der Waals surface area contributed by atoms with Crippen LogP contribution in [-0.4, -0.2) is 71.2 Å². The number of ether oxygens (including phenoxy) is 1. The van der Waals surface area contributed by atoms with Gasteiger partial charge in [-0.15, -0.1) is 0 Å². The molecule has 1 heterocycles. The first-order chi connectivity index (χ1) is 10.2. The molecule has 0 N–H and O–H groups in total. The second-order valence-electron chi connectivity index (χ2n) is 6.39. The summed E-state index contributed by atoms with van der Waals surface area (Å²) in [5.74, 6) is 0. The summed E-state index contributed by atoms with van der Waals surface area (Å²) >= 11 is 0. The minimum Gasteiger partial charge on any atom is -0.444 e. The molecule has 0 unspecified atom stereocenters. The Morgan fingerprint density at radius 2 is 1.48 bits per heavy atom. The van der Waals surface area contributed by atoms with Crippen LogP contribution in [-0.2, 0) is 33.3 Å². The third-order valence-electron chi connectivity index (χ3n) is 2.75. The normalized spacial score (nSPS) is 23.6. The minimum atomic E-state index is -3.85. The van der Waals surface area contributed by atoms with Crippen LogP contribution in [0.3, 0.4) is 0 Å². The number of nitrogens with zero attached hydrogens (tertiary/aromatic N) is 1. The van der Waals surface area contributed by atoms with Crippen molar-refractivity contribution in [3.8, 4) is 0 Å². The average molecular weight is 373 g/mol. The van der Waals surface area contributed by atoms with E-state index in [0.29, 0.717) is 0 Å². The van der Waals surface area contributed by atoms with Gasteiger partial charge < -0.3 is 9.64 Å². The monoisotopic (exact) mass is 373 g/mol. The molecule has 1 rings (SSSR count). The molecule has 0 aliphatic carbocycles. The third-order valence-corrected chi connectivity index (χ3v) is 3.94. The molecule has 0 aromatic rings. The minimum absolute atomic E-state index is 0.104. The summed E-state index contributed by atoms with van der Waals surface area (Å²) in [5.41, 5.74) is -0.704. The first-order valence-electron chi connectivity index (χ1n) is 6.91. The van der Waals surface area contributed by atoms with Crippen LogP contribution >= 0.6 is 0 Å². The molecule has 11 heteroatoms. The summed E-state index contributed by atoms with van der Waals surface area (Å²) in [5, 5.41) is 0. The lowest BCUT2D eigenvalue weighted by molar-refractivity contribution is -0.0236. The van der Waals surface area contributed by atoms with Crippen LogP contribution < -0.4 is 0 Å². The Labute approximate surface area is 137 Å². The number of carbonyl (C=O) groups is 1. The standard InChI is InChI=1S/C12H23NO8S2/c1-12(2,3)19-11(14)13-7-6-9(20-22(4,15)16)10(8-13)21-23(5,17)18/h9-10H,6-8H2,1-5H3/t9-,10+/m0/s1. The van der Waals surface area contributed by atoms with Crippen molar-refractivity contribution in [3.05, 3.63) is 0 Å². The molecular formula is C12H23NO8S2. The van der Waals surface area contributed by atoms with Crippen molar-refractivity contribution in [1.82, 2.24) is 4.90 Å². The molecule has 0 radical (unpaired) electrons. The topological polar surface area (TPSA) is 116 Å². The molecule has 1 saturated heterocycles. The second-order valence-corrected chi connectivity index (χ2v) is 9.59. The quantitative estimate of drug-likeness (QED) is 0.647. The highest BCUT2D eigenvalue weighted by atomic mass is 32.2. The van der Waals surface area contributed by atoms with E-state index in [1.807, 2.05) is 0 Å². The maximum absolute atomic E-state index is 12.1. The van der Waals surface area contributed by atoms with Crippen molar-refractivity contribution in [2.24, 2.45) is 0 Å². The number of amides is 1. The van der Waals surface area contributed by atoms with Gasteiger partial charge in [0.2, 0.25) is 0 Å². The van der Waals surface area contributed by atoms with E-state index >= 15 is 0 Å². The lowest BCUT2D eigenvalue weighted by Gasteiger charge is -2.37. The molecule has 1 aliphatic heterocycles. The van der Waals surface area contributed by atoms with Crippen molar-refractivity contribution < 1.29 is 34.7 Å². The molecule has 9 nitrogen and oxygen atoms in total. The predicted molar refractivity (Wildman–Crippen MR) is 81.9 cm³/mol. The van der Waals surface area contributed by atoms with E-state index in [-0.39, 0.29) is 19.5 Å². The first-order valence-corrected chi connectivity index (χ1v) is 10.5. The van der Waals surface area contributed by atoms with Crippen molar-refractivity contribution in [2.75, 3.05) is 25.6 Å². The molecule has 2 atom stereocenters. The van der Waals surface area contributed by atoms with Gasteiger partial charge in [0.15, 0.2) is 0 Å². The van der Waals surface area contributed by atoms with Crippen LogP contribution in [0.25, 0.3) is 0 Å². The van der Waals surface area contributed by atoms with Crippen LogP contribution in [0.5, 0.6) is 0 Å². The number of hydrogen-bond donors (Lipinski definition) is 0. The molecule has 1 fully saturated rings. The zero-order chi connectivity index (χ0) is 18.1. The van der Waals surface area contributed by atoms with Crippen LogP contribution in [0, 0.1) is 0 Å². The van der Waals surface area contributed by atoms with Gasteiger partial charge in [0.25, 0.3) is 20.2 Å². The molecule has 23 heavy (non-hydrogen) atoms. The van der Waals surface area contributed by atoms with Crippen molar-refractivity contribution in [2.45, 2.75) is 45.0 Å². The Morgan fingerprint density at radius 1 is 1.00 bits per heavy atom. The lowest BCUT2D eigenvalue weighted by Crippen LogP contribution is -2.52. The van der Waals surface area contributed by atoms with Gasteiger partial charge in [-0.05, 0) is 27.2 Å². The fourth-order valence-corrected chi connectivity index (χ4v) is 3.34. The summed E-state index contributed by atoms with van der Waals surface area (Å²) in [6, 6.07) is 0. The number of carbonyl (C=O) groups excluding carboxylic acids is 1.